The van der Waals surface area contributed by atoms with Crippen LogP contribution in [0.5, 0.6) is 5.75 Å². The second-order valence-electron chi connectivity index (χ2n) is 13.8. The molecule has 256 valence electrons. The SMILES string of the molecule is Cc1ncoc1COc1ccc2c(c1)CN(C(=O)OC(C)(C)C)[C@H]([C@H](O)CNC(=O)c1ccc(C(=O)N3C4CCCC3COC4)cc1)C2. The first-order valence-corrected chi connectivity index (χ1v) is 16.6. The van der Waals surface area contributed by atoms with Gasteiger partial charge in [0, 0.05) is 24.2 Å². The highest BCUT2D eigenvalue weighted by Crippen LogP contribution is 2.31. The van der Waals surface area contributed by atoms with E-state index in [2.05, 4.69) is 10.3 Å². The summed E-state index contributed by atoms with van der Waals surface area (Å²) in [6.07, 6.45) is 3.05. The van der Waals surface area contributed by atoms with Crippen LogP contribution < -0.4 is 10.1 Å². The molecule has 4 atom stereocenters. The van der Waals surface area contributed by atoms with Crippen LogP contribution >= 0.6 is 0 Å². The monoisotopic (exact) mass is 660 g/mol. The Morgan fingerprint density at radius 1 is 1.04 bits per heavy atom. The van der Waals surface area contributed by atoms with Gasteiger partial charge in [0.25, 0.3) is 11.8 Å². The van der Waals surface area contributed by atoms with Crippen LogP contribution in [0.25, 0.3) is 0 Å². The largest absolute Gasteiger partial charge is 0.486 e. The Morgan fingerprint density at radius 3 is 2.42 bits per heavy atom. The van der Waals surface area contributed by atoms with Gasteiger partial charge in [0.15, 0.2) is 12.2 Å². The van der Waals surface area contributed by atoms with Crippen molar-refractivity contribution in [3.63, 3.8) is 0 Å². The van der Waals surface area contributed by atoms with Gasteiger partial charge in [-0.3, -0.25) is 14.5 Å². The van der Waals surface area contributed by atoms with E-state index in [4.69, 9.17) is 18.6 Å². The van der Waals surface area contributed by atoms with Gasteiger partial charge in [-0.25, -0.2) is 9.78 Å². The van der Waals surface area contributed by atoms with Crippen molar-refractivity contribution in [2.24, 2.45) is 0 Å². The van der Waals surface area contributed by atoms with Crippen molar-refractivity contribution in [2.45, 2.75) is 96.4 Å². The second kappa shape index (κ2) is 14.0. The molecule has 4 heterocycles. The van der Waals surface area contributed by atoms with Gasteiger partial charge in [-0.15, -0.1) is 0 Å². The fourth-order valence-electron chi connectivity index (χ4n) is 6.67. The number of aromatic nitrogens is 1. The predicted octanol–water partition coefficient (Wildman–Crippen LogP) is 4.41. The molecule has 2 N–H and O–H groups in total. The van der Waals surface area contributed by atoms with Crippen molar-refractivity contribution < 1.29 is 38.1 Å². The highest BCUT2D eigenvalue weighted by Gasteiger charge is 2.39. The number of morpholine rings is 1. The summed E-state index contributed by atoms with van der Waals surface area (Å²) >= 11 is 0. The van der Waals surface area contributed by atoms with E-state index in [9.17, 15) is 19.5 Å². The molecule has 3 aliphatic rings. The van der Waals surface area contributed by atoms with Crippen LogP contribution in [0.1, 0.15) is 83.3 Å². The number of nitrogens with zero attached hydrogens (tertiary/aromatic N) is 3. The third kappa shape index (κ3) is 7.50. The first kappa shape index (κ1) is 33.5. The number of rotatable bonds is 8. The zero-order chi connectivity index (χ0) is 34.0. The average molecular weight is 661 g/mol. The molecule has 2 aromatic carbocycles. The number of hydrogen-bond acceptors (Lipinski definition) is 9. The third-order valence-electron chi connectivity index (χ3n) is 9.22. The van der Waals surface area contributed by atoms with Gasteiger partial charge in [-0.2, -0.15) is 0 Å². The number of carbonyl (C=O) groups is 3. The topological polar surface area (TPSA) is 144 Å². The minimum atomic E-state index is -1.08. The Morgan fingerprint density at radius 2 is 1.75 bits per heavy atom. The summed E-state index contributed by atoms with van der Waals surface area (Å²) < 4.78 is 22.7. The van der Waals surface area contributed by atoms with E-state index in [1.807, 2.05) is 30.0 Å². The quantitative estimate of drug-likeness (QED) is 0.359. The standard InChI is InChI=1S/C36H44N4O8/c1-22-32(47-21-38-22)20-46-29-13-12-25-15-30(39(17-26(25)14-29)35(44)48-36(2,3)4)31(41)16-37-33(42)23-8-10-24(11-9-23)34(43)40-27-6-5-7-28(40)19-45-18-27/h8-14,21,27-28,30-31,41H,5-7,15-20H2,1-4H3,(H,37,42)/t27?,28?,30-,31+/m0/s1. The third-order valence-corrected chi connectivity index (χ3v) is 9.22. The van der Waals surface area contributed by atoms with Crippen LogP contribution in [-0.2, 0) is 29.0 Å². The van der Waals surface area contributed by atoms with E-state index in [0.717, 1.165) is 36.1 Å². The highest BCUT2D eigenvalue weighted by atomic mass is 16.6. The zero-order valence-corrected chi connectivity index (χ0v) is 27.9. The minimum absolute atomic E-state index is 0.0428. The first-order valence-electron chi connectivity index (χ1n) is 16.6. The lowest BCUT2D eigenvalue weighted by Crippen LogP contribution is -2.57. The lowest BCUT2D eigenvalue weighted by molar-refractivity contribution is -0.0565. The van der Waals surface area contributed by atoms with E-state index in [-0.39, 0.29) is 43.6 Å². The van der Waals surface area contributed by atoms with E-state index < -0.39 is 23.8 Å². The molecule has 0 radical (unpaired) electrons. The Hall–Kier alpha value is -4.42. The molecule has 3 amide bonds. The van der Waals surface area contributed by atoms with Crippen molar-refractivity contribution in [2.75, 3.05) is 19.8 Å². The molecule has 2 fully saturated rings. The van der Waals surface area contributed by atoms with Crippen LogP contribution in [0, 0.1) is 6.92 Å². The summed E-state index contributed by atoms with van der Waals surface area (Å²) in [6, 6.07) is 11.8. The van der Waals surface area contributed by atoms with Crippen LogP contribution in [0.4, 0.5) is 4.79 Å². The number of oxazole rings is 1. The molecule has 2 unspecified atom stereocenters. The maximum atomic E-state index is 13.4. The Labute approximate surface area is 280 Å². The van der Waals surface area contributed by atoms with Gasteiger partial charge in [0.1, 0.15) is 18.0 Å². The number of fused-ring (bicyclic) bond motifs is 3. The van der Waals surface area contributed by atoms with Crippen molar-refractivity contribution in [1.82, 2.24) is 20.1 Å². The number of aliphatic hydroxyl groups excluding tert-OH is 1. The van der Waals surface area contributed by atoms with Crippen LogP contribution in [0.2, 0.25) is 0 Å². The minimum Gasteiger partial charge on any atom is -0.486 e. The molecule has 12 heteroatoms. The molecule has 12 nitrogen and oxygen atoms in total. The molecular formula is C36H44N4O8. The smallest absolute Gasteiger partial charge is 0.410 e. The maximum Gasteiger partial charge on any atom is 0.410 e. The van der Waals surface area contributed by atoms with Gasteiger partial charge in [0.05, 0.1) is 43.1 Å². The maximum absolute atomic E-state index is 13.4. The van der Waals surface area contributed by atoms with Gasteiger partial charge in [-0.1, -0.05) is 6.07 Å². The van der Waals surface area contributed by atoms with Crippen molar-refractivity contribution in [3.8, 4) is 5.75 Å². The Bertz CT molecular complexity index is 1610. The molecule has 2 bridgehead atoms. The van der Waals surface area contributed by atoms with Crippen molar-refractivity contribution in [3.05, 3.63) is 82.6 Å². The molecular weight excluding hydrogens is 616 g/mol. The zero-order valence-electron chi connectivity index (χ0n) is 27.9. The van der Waals surface area contributed by atoms with Crippen LogP contribution in [0.3, 0.4) is 0 Å². The second-order valence-corrected chi connectivity index (χ2v) is 13.8. The number of aliphatic hydroxyl groups is 1. The Balaban J connectivity index is 1.10. The molecule has 2 saturated heterocycles. The summed E-state index contributed by atoms with van der Waals surface area (Å²) in [5.41, 5.74) is 2.74. The number of piperidine rings is 1. The first-order chi connectivity index (χ1) is 23.0. The summed E-state index contributed by atoms with van der Waals surface area (Å²) in [7, 11) is 0. The van der Waals surface area contributed by atoms with Gasteiger partial charge >= 0.3 is 6.09 Å². The number of ether oxygens (including phenoxy) is 3. The molecule has 0 spiro atoms. The number of amides is 3. The Kier molecular flexibility index (Phi) is 9.75. The van der Waals surface area contributed by atoms with E-state index in [0.29, 0.717) is 42.3 Å². The summed E-state index contributed by atoms with van der Waals surface area (Å²) in [4.78, 5) is 47.4. The van der Waals surface area contributed by atoms with E-state index >= 15 is 0 Å². The summed E-state index contributed by atoms with van der Waals surface area (Å²) in [6.45, 7) is 8.65. The normalized spacial score (nSPS) is 21.2. The van der Waals surface area contributed by atoms with Crippen LogP contribution in [0.15, 0.2) is 53.3 Å². The number of aryl methyl sites for hydroxylation is 1. The number of carbonyl (C=O) groups excluding carboxylic acids is 3. The van der Waals surface area contributed by atoms with Crippen molar-refractivity contribution >= 4 is 17.9 Å². The van der Waals surface area contributed by atoms with Crippen molar-refractivity contribution in [1.29, 1.82) is 0 Å². The highest BCUT2D eigenvalue weighted by molar-refractivity contribution is 5.98. The predicted molar refractivity (Wildman–Crippen MR) is 174 cm³/mol. The number of benzene rings is 2. The molecule has 48 heavy (non-hydrogen) atoms. The fourth-order valence-corrected chi connectivity index (χ4v) is 6.67. The van der Waals surface area contributed by atoms with Gasteiger partial charge in [-0.05, 0) is 101 Å². The molecule has 3 aromatic rings. The number of nitrogens with one attached hydrogen (secondary N) is 1. The number of hydrogen-bond donors (Lipinski definition) is 2. The van der Waals surface area contributed by atoms with E-state index in [1.54, 1.807) is 45.0 Å². The molecule has 1 aromatic heterocycles. The lowest BCUT2D eigenvalue weighted by atomic mass is 9.91. The van der Waals surface area contributed by atoms with E-state index in [1.165, 1.54) is 11.3 Å². The summed E-state index contributed by atoms with van der Waals surface area (Å²) in [5, 5.41) is 14.2. The van der Waals surface area contributed by atoms with Gasteiger partial charge in [0.2, 0.25) is 0 Å². The molecule has 6 rings (SSSR count). The molecule has 3 aliphatic heterocycles. The lowest BCUT2D eigenvalue weighted by Gasteiger charge is -2.45. The average Bonchev–Trinajstić information content (AvgIpc) is 3.48. The fraction of sp³-hybridized carbons (Fsp3) is 0.500. The van der Waals surface area contributed by atoms with Crippen LogP contribution in [-0.4, -0.2) is 87.4 Å². The van der Waals surface area contributed by atoms with Gasteiger partial charge < -0.3 is 34.0 Å². The molecule has 0 saturated carbocycles. The molecule has 0 aliphatic carbocycles. The summed E-state index contributed by atoms with van der Waals surface area (Å²) in [5.74, 6) is 0.812.